The lowest BCUT2D eigenvalue weighted by atomic mass is 9.92. The van der Waals surface area contributed by atoms with Crippen molar-refractivity contribution >= 4 is 11.7 Å². The molecule has 2 amide bonds. The van der Waals surface area contributed by atoms with E-state index in [9.17, 15) is 4.79 Å². The molecule has 1 aromatic carbocycles. The second-order valence-corrected chi connectivity index (χ2v) is 6.46. The van der Waals surface area contributed by atoms with E-state index < -0.39 is 0 Å². The third kappa shape index (κ3) is 3.94. The molecule has 4 nitrogen and oxygen atoms in total. The maximum absolute atomic E-state index is 13.0. The fourth-order valence-electron chi connectivity index (χ4n) is 3.51. The Balaban J connectivity index is 1.82. The third-order valence-electron chi connectivity index (χ3n) is 4.81. The number of carbonyl (C=O) groups excluding carboxylic acids is 1. The van der Waals surface area contributed by atoms with Gasteiger partial charge in [-0.3, -0.25) is 4.98 Å². The van der Waals surface area contributed by atoms with E-state index in [4.69, 9.17) is 0 Å². The van der Waals surface area contributed by atoms with Crippen LogP contribution in [0.15, 0.2) is 54.9 Å². The Hall–Kier alpha value is -2.36. The molecule has 1 aliphatic rings. The van der Waals surface area contributed by atoms with E-state index in [1.807, 2.05) is 53.6 Å². The van der Waals surface area contributed by atoms with Gasteiger partial charge in [0.1, 0.15) is 0 Å². The number of para-hydroxylation sites is 1. The van der Waals surface area contributed by atoms with Crippen LogP contribution in [0.1, 0.15) is 50.6 Å². The van der Waals surface area contributed by atoms with Crippen LogP contribution in [0.2, 0.25) is 0 Å². The van der Waals surface area contributed by atoms with Crippen LogP contribution in [-0.4, -0.2) is 22.0 Å². The number of aromatic nitrogens is 1. The molecule has 1 aromatic heterocycles. The normalized spacial score (nSPS) is 16.4. The highest BCUT2D eigenvalue weighted by Crippen LogP contribution is 2.30. The molecule has 1 aliphatic carbocycles. The van der Waals surface area contributed by atoms with E-state index in [1.165, 1.54) is 19.3 Å². The van der Waals surface area contributed by atoms with Crippen LogP contribution in [0.25, 0.3) is 0 Å². The molecule has 1 saturated carbocycles. The summed E-state index contributed by atoms with van der Waals surface area (Å²) in [5.74, 6) is 0. The summed E-state index contributed by atoms with van der Waals surface area (Å²) >= 11 is 0. The van der Waals surface area contributed by atoms with Crippen LogP contribution >= 0.6 is 0 Å². The topological polar surface area (TPSA) is 45.2 Å². The monoisotopic (exact) mass is 323 g/mol. The Labute approximate surface area is 143 Å². The van der Waals surface area contributed by atoms with E-state index in [-0.39, 0.29) is 18.1 Å². The Morgan fingerprint density at radius 2 is 1.88 bits per heavy atom. The summed E-state index contributed by atoms with van der Waals surface area (Å²) in [5, 5.41) is 3.06. The molecule has 0 bridgehead atoms. The minimum Gasteiger partial charge on any atom is -0.315 e. The van der Waals surface area contributed by atoms with Crippen molar-refractivity contribution in [2.45, 2.75) is 51.1 Å². The standard InChI is InChI=1S/C20H25N3O/c1-16(17-9-8-14-21-15-17)23(19-12-6-3-7-13-19)20(24)22-18-10-4-2-5-11-18/h2,4-5,8-11,14-16,19H,3,6-7,12-13H2,1H3,(H,22,24)/t16-/m0/s1. The number of hydrogen-bond donors (Lipinski definition) is 1. The molecule has 0 spiro atoms. The van der Waals surface area contributed by atoms with Crippen LogP contribution in [-0.2, 0) is 0 Å². The van der Waals surface area contributed by atoms with E-state index >= 15 is 0 Å². The Morgan fingerprint density at radius 1 is 1.12 bits per heavy atom. The van der Waals surface area contributed by atoms with Crippen LogP contribution in [0.4, 0.5) is 10.5 Å². The lowest BCUT2D eigenvalue weighted by molar-refractivity contribution is 0.139. The first kappa shape index (κ1) is 16.5. The number of anilines is 1. The number of urea groups is 1. The number of rotatable bonds is 4. The highest BCUT2D eigenvalue weighted by atomic mass is 16.2. The van der Waals surface area contributed by atoms with E-state index in [2.05, 4.69) is 17.2 Å². The summed E-state index contributed by atoms with van der Waals surface area (Å²) in [4.78, 5) is 19.3. The van der Waals surface area contributed by atoms with E-state index in [1.54, 1.807) is 6.20 Å². The highest BCUT2D eigenvalue weighted by Gasteiger charge is 2.30. The maximum atomic E-state index is 13.0. The van der Waals surface area contributed by atoms with Gasteiger partial charge in [-0.25, -0.2) is 4.79 Å². The number of hydrogen-bond acceptors (Lipinski definition) is 2. The van der Waals surface area contributed by atoms with Gasteiger partial charge >= 0.3 is 6.03 Å². The minimum atomic E-state index is -0.0237. The summed E-state index contributed by atoms with van der Waals surface area (Å²) in [6, 6.07) is 13.9. The van der Waals surface area contributed by atoms with Gasteiger partial charge in [0.05, 0.1) is 6.04 Å². The lowest BCUT2D eigenvalue weighted by Crippen LogP contribution is -2.45. The maximum Gasteiger partial charge on any atom is 0.322 e. The van der Waals surface area contributed by atoms with Crippen molar-refractivity contribution in [3.63, 3.8) is 0 Å². The number of benzene rings is 1. The SMILES string of the molecule is C[C@@H](c1cccnc1)N(C(=O)Nc1ccccc1)C1CCCCC1. The van der Waals surface area contributed by atoms with Crippen molar-refractivity contribution in [3.8, 4) is 0 Å². The van der Waals surface area contributed by atoms with Crippen molar-refractivity contribution in [3.05, 3.63) is 60.4 Å². The van der Waals surface area contributed by atoms with Crippen LogP contribution in [0.5, 0.6) is 0 Å². The molecule has 0 saturated heterocycles. The zero-order valence-corrected chi connectivity index (χ0v) is 14.2. The molecular formula is C20H25N3O. The van der Waals surface area contributed by atoms with Crippen molar-refractivity contribution in [1.29, 1.82) is 0 Å². The molecule has 1 N–H and O–H groups in total. The molecule has 1 fully saturated rings. The molecule has 4 heteroatoms. The first-order valence-electron chi connectivity index (χ1n) is 8.80. The molecule has 1 heterocycles. The van der Waals surface area contributed by atoms with Gasteiger partial charge in [-0.05, 0) is 43.5 Å². The average Bonchev–Trinajstić information content (AvgIpc) is 2.64. The summed E-state index contributed by atoms with van der Waals surface area (Å²) in [5.41, 5.74) is 1.91. The highest BCUT2D eigenvalue weighted by molar-refractivity contribution is 5.89. The molecule has 0 aliphatic heterocycles. The largest absolute Gasteiger partial charge is 0.322 e. The third-order valence-corrected chi connectivity index (χ3v) is 4.81. The molecule has 0 radical (unpaired) electrons. The predicted octanol–water partition coefficient (Wildman–Crippen LogP) is 5.01. The first-order valence-corrected chi connectivity index (χ1v) is 8.80. The lowest BCUT2D eigenvalue weighted by Gasteiger charge is -2.38. The Bertz CT molecular complexity index is 638. The molecule has 2 aromatic rings. The minimum absolute atomic E-state index is 0.00510. The molecular weight excluding hydrogens is 298 g/mol. The van der Waals surface area contributed by atoms with Crippen molar-refractivity contribution in [2.24, 2.45) is 0 Å². The van der Waals surface area contributed by atoms with Crippen LogP contribution in [0.3, 0.4) is 0 Å². The van der Waals surface area contributed by atoms with Gasteiger partial charge in [0.25, 0.3) is 0 Å². The number of amides is 2. The summed E-state index contributed by atoms with van der Waals surface area (Å²) in [6.07, 6.45) is 9.44. The molecule has 24 heavy (non-hydrogen) atoms. The average molecular weight is 323 g/mol. The number of nitrogens with zero attached hydrogens (tertiary/aromatic N) is 2. The molecule has 3 rings (SSSR count). The number of pyridine rings is 1. The summed E-state index contributed by atoms with van der Waals surface area (Å²) in [6.45, 7) is 2.09. The second-order valence-electron chi connectivity index (χ2n) is 6.46. The zero-order chi connectivity index (χ0) is 16.8. The molecule has 126 valence electrons. The molecule has 1 atom stereocenters. The smallest absolute Gasteiger partial charge is 0.315 e. The van der Waals surface area contributed by atoms with Gasteiger partial charge in [0, 0.05) is 24.1 Å². The molecule has 0 unspecified atom stereocenters. The Kier molecular flexibility index (Phi) is 5.47. The summed E-state index contributed by atoms with van der Waals surface area (Å²) in [7, 11) is 0. The fraction of sp³-hybridized carbons (Fsp3) is 0.400. The van der Waals surface area contributed by atoms with Gasteiger partial charge in [-0.1, -0.05) is 43.5 Å². The van der Waals surface area contributed by atoms with Gasteiger partial charge < -0.3 is 10.2 Å². The first-order chi connectivity index (χ1) is 11.8. The quantitative estimate of drug-likeness (QED) is 0.859. The summed E-state index contributed by atoms with van der Waals surface area (Å²) < 4.78 is 0. The van der Waals surface area contributed by atoms with Gasteiger partial charge in [0.2, 0.25) is 0 Å². The zero-order valence-electron chi connectivity index (χ0n) is 14.2. The van der Waals surface area contributed by atoms with Crippen LogP contribution < -0.4 is 5.32 Å². The van der Waals surface area contributed by atoms with E-state index in [0.717, 1.165) is 24.1 Å². The predicted molar refractivity (Wildman–Crippen MR) is 96.8 cm³/mol. The van der Waals surface area contributed by atoms with Gasteiger partial charge in [-0.15, -0.1) is 0 Å². The number of nitrogens with one attached hydrogen (secondary N) is 1. The van der Waals surface area contributed by atoms with Gasteiger partial charge in [0.15, 0.2) is 0 Å². The van der Waals surface area contributed by atoms with Crippen molar-refractivity contribution in [2.75, 3.05) is 5.32 Å². The van der Waals surface area contributed by atoms with Crippen molar-refractivity contribution < 1.29 is 4.79 Å². The Morgan fingerprint density at radius 3 is 2.54 bits per heavy atom. The van der Waals surface area contributed by atoms with Crippen molar-refractivity contribution in [1.82, 2.24) is 9.88 Å². The fourth-order valence-corrected chi connectivity index (χ4v) is 3.51. The van der Waals surface area contributed by atoms with Gasteiger partial charge in [-0.2, -0.15) is 0 Å². The van der Waals surface area contributed by atoms with Crippen LogP contribution in [0, 0.1) is 0 Å². The second kappa shape index (κ2) is 7.95. The van der Waals surface area contributed by atoms with E-state index in [0.29, 0.717) is 0 Å². The number of carbonyl (C=O) groups is 1.